The van der Waals surface area contributed by atoms with Crippen LogP contribution in [0, 0.1) is 27.7 Å². The van der Waals surface area contributed by atoms with Crippen LogP contribution in [0.2, 0.25) is 0 Å². The van der Waals surface area contributed by atoms with E-state index >= 15 is 0 Å². The largest absolute Gasteiger partial charge is 0.480 e. The number of hydrogen-bond donors (Lipinski definition) is 3. The van der Waals surface area contributed by atoms with Crippen LogP contribution in [0.3, 0.4) is 0 Å². The maximum absolute atomic E-state index is 12.7. The van der Waals surface area contributed by atoms with Crippen LogP contribution in [0.15, 0.2) is 155 Å². The second kappa shape index (κ2) is 19.0. The molecule has 6 rings (SSSR count). The molecule has 10 heteroatoms. The lowest BCUT2D eigenvalue weighted by Crippen LogP contribution is -2.53. The van der Waals surface area contributed by atoms with E-state index in [0.29, 0.717) is 12.8 Å². The first-order valence-electron chi connectivity index (χ1n) is 18.6. The number of nitrogens with one attached hydrogen (secondary N) is 2. The summed E-state index contributed by atoms with van der Waals surface area (Å²) in [5.41, 5.74) is 6.94. The molecule has 0 aliphatic carbocycles. The average molecular weight is 915 g/mol. The van der Waals surface area contributed by atoms with Crippen LogP contribution >= 0.6 is 31.9 Å². The normalized spacial score (nSPS) is 11.6. The molecule has 0 unspecified atom stereocenters. The van der Waals surface area contributed by atoms with Gasteiger partial charge in [0.2, 0.25) is 0 Å². The lowest BCUT2D eigenvalue weighted by atomic mass is 9.70. The summed E-state index contributed by atoms with van der Waals surface area (Å²) >= 11 is 6.87. The number of alkyl halides is 3. The number of carboxylic acid groups (broad SMARTS) is 1. The van der Waals surface area contributed by atoms with Crippen molar-refractivity contribution in [3.8, 4) is 0 Å². The Labute approximate surface area is 355 Å². The molecule has 0 bridgehead atoms. The summed E-state index contributed by atoms with van der Waals surface area (Å²) in [6, 6.07) is 45.6. The van der Waals surface area contributed by atoms with Crippen LogP contribution in [0.1, 0.15) is 55.6 Å². The van der Waals surface area contributed by atoms with Gasteiger partial charge in [-0.25, -0.2) is 4.79 Å². The Morgan fingerprint density at radius 1 is 0.552 bits per heavy atom. The molecular formula is C48H45Br2F3N2O3. The summed E-state index contributed by atoms with van der Waals surface area (Å²) in [5, 5.41) is 15.3. The van der Waals surface area contributed by atoms with Gasteiger partial charge in [0.15, 0.2) is 0 Å². The van der Waals surface area contributed by atoms with E-state index in [1.165, 1.54) is 0 Å². The number of carbonyl (C=O) groups excluding carboxylic acids is 1. The fraction of sp³-hybridized carbons (Fsp3) is 0.208. The van der Waals surface area contributed by atoms with Gasteiger partial charge in [-0.1, -0.05) is 175 Å². The molecule has 0 atom stereocenters. The van der Waals surface area contributed by atoms with Crippen LogP contribution in [-0.4, -0.2) is 29.8 Å². The van der Waals surface area contributed by atoms with Crippen molar-refractivity contribution in [2.45, 2.75) is 57.7 Å². The van der Waals surface area contributed by atoms with Gasteiger partial charge in [0.1, 0.15) is 12.0 Å². The number of amides is 2. The second-order valence-corrected chi connectivity index (χ2v) is 16.5. The Bertz CT molecular complexity index is 2250. The highest BCUT2D eigenvalue weighted by atomic mass is 79.9. The van der Waals surface area contributed by atoms with Gasteiger partial charge in [-0.15, -0.1) is 0 Å². The molecule has 0 saturated heterocycles. The van der Waals surface area contributed by atoms with Crippen LogP contribution < -0.4 is 10.6 Å². The van der Waals surface area contributed by atoms with Gasteiger partial charge < -0.3 is 15.7 Å². The molecule has 0 radical (unpaired) electrons. The van der Waals surface area contributed by atoms with Gasteiger partial charge in [-0.3, -0.25) is 4.79 Å². The number of aryl methyl sites for hydroxylation is 4. The summed E-state index contributed by atoms with van der Waals surface area (Å²) in [6.07, 6.45) is -3.76. The minimum atomic E-state index is -4.50. The third kappa shape index (κ3) is 11.3. The van der Waals surface area contributed by atoms with Gasteiger partial charge in [0.05, 0.1) is 5.54 Å². The number of aliphatic carboxylic acids is 1. The zero-order valence-corrected chi connectivity index (χ0v) is 35.8. The predicted molar refractivity (Wildman–Crippen MR) is 232 cm³/mol. The van der Waals surface area contributed by atoms with E-state index in [4.69, 9.17) is 0 Å². The molecule has 0 aliphatic heterocycles. The standard InChI is InChI=1S/C25H24BrF3N2O.C23H21BrO2/c1-17-5-3-7-20(13-17)24(21-8-4-6-18(2)14-21,15-19-9-11-22(26)12-10-19)31-23(32)30-16-25(27,28)29;1-16-5-3-7-19(13-16)23(22(25)26,20-8-4-6-17(2)14-20)15-18-9-11-21(24)12-10-18/h3-14H,15-16H2,1-2H3,(H2,30,31,32);3-14H,15H2,1-2H3,(H,25,26). The Morgan fingerprint density at radius 3 is 1.28 bits per heavy atom. The van der Waals surface area contributed by atoms with Crippen molar-refractivity contribution < 1.29 is 27.9 Å². The van der Waals surface area contributed by atoms with E-state index in [0.717, 1.165) is 64.6 Å². The molecule has 5 nitrogen and oxygen atoms in total. The predicted octanol–water partition coefficient (Wildman–Crippen LogP) is 12.1. The number of rotatable bonds is 11. The maximum Gasteiger partial charge on any atom is 0.405 e. The van der Waals surface area contributed by atoms with Gasteiger partial charge in [0.25, 0.3) is 0 Å². The molecule has 0 saturated carbocycles. The number of urea groups is 1. The first kappa shape index (κ1) is 43.9. The van der Waals surface area contributed by atoms with Crippen LogP contribution in [0.5, 0.6) is 0 Å². The van der Waals surface area contributed by atoms with Gasteiger partial charge >= 0.3 is 18.2 Å². The molecule has 6 aromatic carbocycles. The lowest BCUT2D eigenvalue weighted by molar-refractivity contribution is -0.142. The Balaban J connectivity index is 0.000000226. The number of carbonyl (C=O) groups is 2. The van der Waals surface area contributed by atoms with Crippen LogP contribution in [-0.2, 0) is 28.6 Å². The smallest absolute Gasteiger partial charge is 0.405 e. The molecule has 300 valence electrons. The number of benzene rings is 6. The second-order valence-electron chi connectivity index (χ2n) is 14.6. The van der Waals surface area contributed by atoms with Gasteiger partial charge in [-0.2, -0.15) is 13.2 Å². The first-order chi connectivity index (χ1) is 27.5. The fourth-order valence-electron chi connectivity index (χ4n) is 7.13. The van der Waals surface area contributed by atoms with E-state index in [1.54, 1.807) is 0 Å². The molecule has 0 spiro atoms. The van der Waals surface area contributed by atoms with Crippen molar-refractivity contribution in [1.29, 1.82) is 0 Å². The molecule has 58 heavy (non-hydrogen) atoms. The number of hydrogen-bond acceptors (Lipinski definition) is 2. The SMILES string of the molecule is Cc1cccc(C(Cc2ccc(Br)cc2)(C(=O)O)c2cccc(C)c2)c1.Cc1cccc(C(Cc2ccc(Br)cc2)(NC(=O)NCC(F)(F)F)c2cccc(C)c2)c1. The lowest BCUT2D eigenvalue weighted by Gasteiger charge is -2.37. The zero-order chi connectivity index (χ0) is 42.1. The molecule has 0 aliphatic rings. The highest BCUT2D eigenvalue weighted by molar-refractivity contribution is 9.10. The minimum Gasteiger partial charge on any atom is -0.480 e. The highest BCUT2D eigenvalue weighted by Crippen LogP contribution is 2.38. The molecule has 0 heterocycles. The van der Waals surface area contributed by atoms with Crippen LogP contribution in [0.4, 0.5) is 18.0 Å². The van der Waals surface area contributed by atoms with Crippen LogP contribution in [0.25, 0.3) is 0 Å². The summed E-state index contributed by atoms with van der Waals surface area (Å²) in [6.45, 7) is 6.45. The number of halogens is 5. The van der Waals surface area contributed by atoms with E-state index in [9.17, 15) is 27.9 Å². The molecule has 3 N–H and O–H groups in total. The maximum atomic E-state index is 12.7. The molecule has 0 aromatic heterocycles. The van der Waals surface area contributed by atoms with Crippen molar-refractivity contribution in [2.24, 2.45) is 0 Å². The van der Waals surface area contributed by atoms with E-state index in [1.807, 2.05) is 179 Å². The molecule has 0 fully saturated rings. The van der Waals surface area contributed by atoms with Crippen molar-refractivity contribution in [1.82, 2.24) is 10.6 Å². The molecule has 2 amide bonds. The molecular weight excluding hydrogens is 869 g/mol. The summed E-state index contributed by atoms with van der Waals surface area (Å²) in [4.78, 5) is 25.4. The topological polar surface area (TPSA) is 78.4 Å². The van der Waals surface area contributed by atoms with E-state index in [2.05, 4.69) is 37.2 Å². The number of carboxylic acids is 1. The minimum absolute atomic E-state index is 0.354. The Hall–Kier alpha value is -5.19. The van der Waals surface area contributed by atoms with E-state index < -0.39 is 35.7 Å². The van der Waals surface area contributed by atoms with Gasteiger partial charge in [-0.05, 0) is 91.8 Å². The fourth-order valence-corrected chi connectivity index (χ4v) is 7.66. The third-order valence-corrected chi connectivity index (χ3v) is 11.0. The summed E-state index contributed by atoms with van der Waals surface area (Å²) < 4.78 is 40.1. The van der Waals surface area contributed by atoms with Gasteiger partial charge in [0, 0.05) is 15.4 Å². The van der Waals surface area contributed by atoms with Crippen molar-refractivity contribution in [3.63, 3.8) is 0 Å². The molecule has 6 aromatic rings. The van der Waals surface area contributed by atoms with Crippen molar-refractivity contribution in [3.05, 3.63) is 210 Å². The first-order valence-corrected chi connectivity index (χ1v) is 20.2. The zero-order valence-electron chi connectivity index (χ0n) is 32.6. The third-order valence-electron chi connectivity index (χ3n) is 9.95. The van der Waals surface area contributed by atoms with Crippen molar-refractivity contribution in [2.75, 3.05) is 6.54 Å². The summed E-state index contributed by atoms with van der Waals surface area (Å²) in [7, 11) is 0. The van der Waals surface area contributed by atoms with Crippen molar-refractivity contribution >= 4 is 43.9 Å². The quantitative estimate of drug-likeness (QED) is 0.121. The summed E-state index contributed by atoms with van der Waals surface area (Å²) in [5.74, 6) is -0.836. The Morgan fingerprint density at radius 2 is 0.914 bits per heavy atom. The highest BCUT2D eigenvalue weighted by Gasteiger charge is 2.43. The Kier molecular flexibility index (Phi) is 14.4. The average Bonchev–Trinajstić information content (AvgIpc) is 3.17. The monoisotopic (exact) mass is 912 g/mol. The van der Waals surface area contributed by atoms with E-state index in [-0.39, 0.29) is 0 Å².